The first-order chi connectivity index (χ1) is 12.9. The average molecular weight is 392 g/mol. The largest absolute Gasteiger partial charge is 0.416 e. The molecule has 150 valence electrons. The van der Waals surface area contributed by atoms with Crippen molar-refractivity contribution in [2.75, 3.05) is 10.6 Å². The van der Waals surface area contributed by atoms with Gasteiger partial charge in [0.25, 0.3) is 0 Å². The molecule has 0 aliphatic heterocycles. The molecule has 0 aliphatic rings. The zero-order valence-corrected chi connectivity index (χ0v) is 16.2. The van der Waals surface area contributed by atoms with Crippen molar-refractivity contribution in [2.45, 2.75) is 40.3 Å². The van der Waals surface area contributed by atoms with Crippen LogP contribution in [-0.2, 0) is 22.2 Å². The van der Waals surface area contributed by atoms with Crippen LogP contribution in [0.4, 0.5) is 24.5 Å². The molecule has 4 nitrogen and oxygen atoms in total. The zero-order valence-electron chi connectivity index (χ0n) is 16.2. The van der Waals surface area contributed by atoms with Gasteiger partial charge < -0.3 is 10.6 Å². The minimum Gasteiger partial charge on any atom is -0.326 e. The zero-order chi connectivity index (χ0) is 21.1. The Morgan fingerprint density at radius 3 is 2.25 bits per heavy atom. The SMILES string of the molecule is Cc1ccc(NC(=O)C(C)(C)C)cc1NC(=O)Cc1cccc(C(F)(F)F)c1. The van der Waals surface area contributed by atoms with Crippen LogP contribution in [0, 0.1) is 12.3 Å². The molecular formula is C21H23F3N2O2. The smallest absolute Gasteiger partial charge is 0.326 e. The predicted octanol–water partition coefficient (Wildman–Crippen LogP) is 5.18. The number of benzene rings is 2. The number of amides is 2. The third-order valence-electron chi connectivity index (χ3n) is 4.07. The number of carbonyl (C=O) groups is 2. The van der Waals surface area contributed by atoms with Crippen LogP contribution in [0.5, 0.6) is 0 Å². The molecule has 2 aromatic carbocycles. The summed E-state index contributed by atoms with van der Waals surface area (Å²) in [6, 6.07) is 9.78. The van der Waals surface area contributed by atoms with Crippen molar-refractivity contribution in [3.8, 4) is 0 Å². The molecule has 28 heavy (non-hydrogen) atoms. The summed E-state index contributed by atoms with van der Waals surface area (Å²) in [5.74, 6) is -0.612. The van der Waals surface area contributed by atoms with E-state index in [0.29, 0.717) is 11.4 Å². The molecule has 2 N–H and O–H groups in total. The monoisotopic (exact) mass is 392 g/mol. The summed E-state index contributed by atoms with van der Waals surface area (Å²) in [6.07, 6.45) is -4.65. The Balaban J connectivity index is 2.12. The lowest BCUT2D eigenvalue weighted by Crippen LogP contribution is -2.27. The molecule has 0 saturated heterocycles. The lowest BCUT2D eigenvalue weighted by atomic mass is 9.95. The van der Waals surface area contributed by atoms with Crippen molar-refractivity contribution in [3.63, 3.8) is 0 Å². The van der Waals surface area contributed by atoms with Crippen LogP contribution in [0.3, 0.4) is 0 Å². The van der Waals surface area contributed by atoms with E-state index in [0.717, 1.165) is 17.7 Å². The van der Waals surface area contributed by atoms with Crippen molar-refractivity contribution in [2.24, 2.45) is 5.41 Å². The number of aryl methyl sites for hydroxylation is 1. The Bertz CT molecular complexity index is 884. The van der Waals surface area contributed by atoms with Crippen molar-refractivity contribution < 1.29 is 22.8 Å². The van der Waals surface area contributed by atoms with Crippen LogP contribution in [0.2, 0.25) is 0 Å². The Kier molecular flexibility index (Phi) is 6.17. The van der Waals surface area contributed by atoms with Gasteiger partial charge in [-0.25, -0.2) is 0 Å². The molecule has 7 heteroatoms. The van der Waals surface area contributed by atoms with Crippen LogP contribution in [0.15, 0.2) is 42.5 Å². The fourth-order valence-electron chi connectivity index (χ4n) is 2.39. The van der Waals surface area contributed by atoms with Crippen LogP contribution in [-0.4, -0.2) is 11.8 Å². The Morgan fingerprint density at radius 2 is 1.64 bits per heavy atom. The van der Waals surface area contributed by atoms with Gasteiger partial charge in [0, 0.05) is 16.8 Å². The topological polar surface area (TPSA) is 58.2 Å². The van der Waals surface area contributed by atoms with Gasteiger partial charge in [0.15, 0.2) is 0 Å². The normalized spacial score (nSPS) is 11.8. The highest BCUT2D eigenvalue weighted by atomic mass is 19.4. The van der Waals surface area contributed by atoms with E-state index in [1.54, 1.807) is 45.9 Å². The molecule has 0 radical (unpaired) electrons. The molecule has 0 unspecified atom stereocenters. The van der Waals surface area contributed by atoms with Crippen molar-refractivity contribution >= 4 is 23.2 Å². The van der Waals surface area contributed by atoms with Gasteiger partial charge in [-0.15, -0.1) is 0 Å². The standard InChI is InChI=1S/C21H23F3N2O2/c1-13-8-9-16(25-19(28)20(2,3)4)12-17(13)26-18(27)11-14-6-5-7-15(10-14)21(22,23)24/h5-10,12H,11H2,1-4H3,(H,25,28)(H,26,27). The minimum atomic E-state index is -4.46. The molecule has 0 atom stereocenters. The van der Waals surface area contributed by atoms with E-state index < -0.39 is 23.1 Å². The number of hydrogen-bond donors (Lipinski definition) is 2. The number of nitrogens with one attached hydrogen (secondary N) is 2. The summed E-state index contributed by atoms with van der Waals surface area (Å²) in [7, 11) is 0. The molecular weight excluding hydrogens is 369 g/mol. The maximum atomic E-state index is 12.8. The maximum Gasteiger partial charge on any atom is 0.416 e. The molecule has 0 aliphatic carbocycles. The second-order valence-electron chi connectivity index (χ2n) is 7.66. The van der Waals surface area contributed by atoms with Crippen LogP contribution < -0.4 is 10.6 Å². The molecule has 2 rings (SSSR count). The van der Waals surface area contributed by atoms with Crippen molar-refractivity contribution in [1.82, 2.24) is 0 Å². The van der Waals surface area contributed by atoms with Crippen molar-refractivity contribution in [1.29, 1.82) is 0 Å². The molecule has 2 amide bonds. The second-order valence-corrected chi connectivity index (χ2v) is 7.66. The number of anilines is 2. The Hall–Kier alpha value is -2.83. The van der Waals surface area contributed by atoms with Gasteiger partial charge in [-0.1, -0.05) is 45.0 Å². The van der Waals surface area contributed by atoms with Crippen LogP contribution >= 0.6 is 0 Å². The molecule has 2 aromatic rings. The molecule has 0 saturated carbocycles. The molecule has 0 spiro atoms. The predicted molar refractivity (Wildman–Crippen MR) is 103 cm³/mol. The van der Waals surface area contributed by atoms with E-state index in [-0.39, 0.29) is 17.9 Å². The quantitative estimate of drug-likeness (QED) is 0.753. The van der Waals surface area contributed by atoms with E-state index in [4.69, 9.17) is 0 Å². The number of halogens is 3. The van der Waals surface area contributed by atoms with Gasteiger partial charge in [-0.05, 0) is 36.2 Å². The Labute approximate surface area is 162 Å². The second kappa shape index (κ2) is 8.04. The van der Waals surface area contributed by atoms with E-state index in [1.165, 1.54) is 12.1 Å². The van der Waals surface area contributed by atoms with E-state index in [9.17, 15) is 22.8 Å². The lowest BCUT2D eigenvalue weighted by molar-refractivity contribution is -0.137. The van der Waals surface area contributed by atoms with Gasteiger partial charge >= 0.3 is 6.18 Å². The summed E-state index contributed by atoms with van der Waals surface area (Å²) in [6.45, 7) is 7.14. The molecule has 0 aromatic heterocycles. The van der Waals surface area contributed by atoms with Crippen LogP contribution in [0.1, 0.15) is 37.5 Å². The fourth-order valence-corrected chi connectivity index (χ4v) is 2.39. The maximum absolute atomic E-state index is 12.8. The summed E-state index contributed by atoms with van der Waals surface area (Å²) >= 11 is 0. The van der Waals surface area contributed by atoms with Gasteiger partial charge in [0.2, 0.25) is 11.8 Å². The third kappa shape index (κ3) is 5.84. The minimum absolute atomic E-state index is 0.169. The van der Waals surface area contributed by atoms with Gasteiger partial charge in [0.1, 0.15) is 0 Å². The fraction of sp³-hybridized carbons (Fsp3) is 0.333. The molecule has 0 heterocycles. The highest BCUT2D eigenvalue weighted by Crippen LogP contribution is 2.30. The summed E-state index contributed by atoms with van der Waals surface area (Å²) in [4.78, 5) is 24.4. The van der Waals surface area contributed by atoms with Gasteiger partial charge in [-0.3, -0.25) is 9.59 Å². The Morgan fingerprint density at radius 1 is 0.964 bits per heavy atom. The average Bonchev–Trinajstić information content (AvgIpc) is 2.56. The molecule has 0 bridgehead atoms. The molecule has 0 fully saturated rings. The van der Waals surface area contributed by atoms with Crippen molar-refractivity contribution in [3.05, 3.63) is 59.2 Å². The number of rotatable bonds is 4. The van der Waals surface area contributed by atoms with E-state index in [2.05, 4.69) is 10.6 Å². The van der Waals surface area contributed by atoms with E-state index in [1.807, 2.05) is 0 Å². The summed E-state index contributed by atoms with van der Waals surface area (Å²) in [5, 5.41) is 5.48. The first-order valence-corrected chi connectivity index (χ1v) is 8.74. The lowest BCUT2D eigenvalue weighted by Gasteiger charge is -2.18. The summed E-state index contributed by atoms with van der Waals surface area (Å²) < 4.78 is 38.4. The first kappa shape index (κ1) is 21.5. The number of alkyl halides is 3. The third-order valence-corrected chi connectivity index (χ3v) is 4.07. The number of hydrogen-bond acceptors (Lipinski definition) is 2. The highest BCUT2D eigenvalue weighted by Gasteiger charge is 2.30. The van der Waals surface area contributed by atoms with E-state index >= 15 is 0 Å². The first-order valence-electron chi connectivity index (χ1n) is 8.74. The van der Waals surface area contributed by atoms with Gasteiger partial charge in [-0.2, -0.15) is 13.2 Å². The van der Waals surface area contributed by atoms with Crippen LogP contribution in [0.25, 0.3) is 0 Å². The summed E-state index contributed by atoms with van der Waals surface area (Å²) in [5.41, 5.74) is 0.690. The number of carbonyl (C=O) groups excluding carboxylic acids is 2. The van der Waals surface area contributed by atoms with Gasteiger partial charge in [0.05, 0.1) is 12.0 Å². The highest BCUT2D eigenvalue weighted by molar-refractivity contribution is 5.97.